The van der Waals surface area contributed by atoms with Gasteiger partial charge in [0.15, 0.2) is 11.5 Å². The summed E-state index contributed by atoms with van der Waals surface area (Å²) in [6.07, 6.45) is 8.09. The molecule has 4 bridgehead atoms. The fourth-order valence-electron chi connectivity index (χ4n) is 9.38. The summed E-state index contributed by atoms with van der Waals surface area (Å²) in [4.78, 5) is 2.84. The van der Waals surface area contributed by atoms with Crippen LogP contribution >= 0.6 is 0 Å². The molecule has 8 rings (SSSR count). The van der Waals surface area contributed by atoms with E-state index < -0.39 is 11.2 Å². The maximum Gasteiger partial charge on any atom is 0.165 e. The van der Waals surface area contributed by atoms with Crippen LogP contribution in [0.2, 0.25) is 0 Å². The Morgan fingerprint density at radius 1 is 1.19 bits per heavy atom. The van der Waals surface area contributed by atoms with E-state index in [9.17, 15) is 5.11 Å². The van der Waals surface area contributed by atoms with Crippen LogP contribution in [0.15, 0.2) is 12.1 Å². The Kier molecular flexibility index (Phi) is 3.79. The third kappa shape index (κ3) is 2.09. The monoisotopic (exact) mass is 439 g/mol. The zero-order valence-electron chi connectivity index (χ0n) is 19.9. The number of aliphatic hydroxyl groups is 1. The van der Waals surface area contributed by atoms with E-state index in [0.29, 0.717) is 6.04 Å². The van der Waals surface area contributed by atoms with Gasteiger partial charge in [0.1, 0.15) is 11.7 Å². The average molecular weight is 440 g/mol. The van der Waals surface area contributed by atoms with Crippen LogP contribution in [-0.2, 0) is 16.6 Å². The van der Waals surface area contributed by atoms with Gasteiger partial charge in [-0.3, -0.25) is 4.90 Å². The molecule has 6 atom stereocenters. The molecule has 5 aliphatic carbocycles. The Hall–Kier alpha value is -1.30. The predicted octanol–water partition coefficient (Wildman–Crippen LogP) is 3.69. The van der Waals surface area contributed by atoms with Crippen LogP contribution in [0.3, 0.4) is 0 Å². The minimum Gasteiger partial charge on any atom is -0.493 e. The van der Waals surface area contributed by atoms with Crippen LogP contribution in [0.4, 0.5) is 0 Å². The molecule has 1 aromatic carbocycles. The summed E-state index contributed by atoms with van der Waals surface area (Å²) in [6, 6.07) is 4.94. The standard InChI is InChI=1S/C27H37NO4/c1-24(2,29)19-14-25-9-10-27(19,31-4)23-26(25)11-12-28(15-16-5-6-16)20(25)13-17-7-8-18(30-3)22(32-23)21(17)26/h7-8,16,19-20,23,29H,5-6,9-15H2,1-4H3/t19-,20?,23-,25-,26+,27-/m1/s1. The van der Waals surface area contributed by atoms with Crippen molar-refractivity contribution in [2.45, 2.75) is 87.6 Å². The highest BCUT2D eigenvalue weighted by molar-refractivity contribution is 5.63. The molecule has 174 valence electrons. The minimum absolute atomic E-state index is 0.0365. The number of benzene rings is 1. The summed E-state index contributed by atoms with van der Waals surface area (Å²) in [6.45, 7) is 6.36. The van der Waals surface area contributed by atoms with Gasteiger partial charge in [-0.1, -0.05) is 6.07 Å². The van der Waals surface area contributed by atoms with Gasteiger partial charge in [-0.15, -0.1) is 0 Å². The zero-order valence-corrected chi connectivity index (χ0v) is 19.9. The number of nitrogens with zero attached hydrogens (tertiary/aromatic N) is 1. The van der Waals surface area contributed by atoms with Crippen LogP contribution in [0.25, 0.3) is 0 Å². The van der Waals surface area contributed by atoms with Gasteiger partial charge in [0.25, 0.3) is 0 Å². The molecule has 5 nitrogen and oxygen atoms in total. The number of hydrogen-bond acceptors (Lipinski definition) is 5. The molecule has 7 aliphatic rings. The number of fused-ring (bicyclic) bond motifs is 2. The summed E-state index contributed by atoms with van der Waals surface area (Å²) >= 11 is 0. The van der Waals surface area contributed by atoms with E-state index in [0.717, 1.165) is 56.1 Å². The first-order chi connectivity index (χ1) is 15.3. The van der Waals surface area contributed by atoms with Crippen LogP contribution in [0, 0.1) is 17.3 Å². The fourth-order valence-corrected chi connectivity index (χ4v) is 9.38. The molecule has 2 heterocycles. The van der Waals surface area contributed by atoms with E-state index in [2.05, 4.69) is 17.0 Å². The van der Waals surface area contributed by atoms with Gasteiger partial charge in [0, 0.05) is 42.0 Å². The quantitative estimate of drug-likeness (QED) is 0.758. The van der Waals surface area contributed by atoms with Crippen molar-refractivity contribution >= 4 is 0 Å². The number of hydrogen-bond donors (Lipinski definition) is 1. The largest absolute Gasteiger partial charge is 0.493 e. The number of likely N-dealkylation sites (tertiary alicyclic amines) is 1. The van der Waals surface area contributed by atoms with Crippen LogP contribution < -0.4 is 9.47 Å². The summed E-state index contributed by atoms with van der Waals surface area (Å²) < 4.78 is 19.3. The minimum atomic E-state index is -0.816. The van der Waals surface area contributed by atoms with Gasteiger partial charge in [0.05, 0.1) is 12.7 Å². The second-order valence-corrected chi connectivity index (χ2v) is 12.2. The van der Waals surface area contributed by atoms with Crippen molar-refractivity contribution in [2.75, 3.05) is 27.3 Å². The van der Waals surface area contributed by atoms with E-state index in [4.69, 9.17) is 14.2 Å². The highest BCUT2D eigenvalue weighted by atomic mass is 16.6. The Morgan fingerprint density at radius 3 is 2.69 bits per heavy atom. The maximum atomic E-state index is 11.4. The first-order valence-corrected chi connectivity index (χ1v) is 12.7. The van der Waals surface area contributed by atoms with Gasteiger partial charge in [-0.2, -0.15) is 0 Å². The Labute approximate surface area is 191 Å². The topological polar surface area (TPSA) is 51.2 Å². The molecule has 4 saturated carbocycles. The van der Waals surface area contributed by atoms with E-state index in [1.807, 2.05) is 21.0 Å². The smallest absolute Gasteiger partial charge is 0.165 e. The van der Waals surface area contributed by atoms with Gasteiger partial charge in [0.2, 0.25) is 0 Å². The van der Waals surface area contributed by atoms with E-state index in [-0.39, 0.29) is 22.9 Å². The fraction of sp³-hybridized carbons (Fsp3) is 0.778. The zero-order chi connectivity index (χ0) is 22.1. The van der Waals surface area contributed by atoms with E-state index in [1.54, 1.807) is 7.11 Å². The third-order valence-electron chi connectivity index (χ3n) is 10.7. The summed E-state index contributed by atoms with van der Waals surface area (Å²) in [5.41, 5.74) is 1.69. The second-order valence-electron chi connectivity index (χ2n) is 12.2. The molecule has 5 fully saturated rings. The second kappa shape index (κ2) is 6.03. The molecule has 32 heavy (non-hydrogen) atoms. The lowest BCUT2D eigenvalue weighted by Gasteiger charge is -2.75. The molecule has 1 saturated heterocycles. The lowest BCUT2D eigenvalue weighted by atomic mass is 9.34. The Balaban J connectivity index is 1.49. The predicted molar refractivity (Wildman–Crippen MR) is 121 cm³/mol. The van der Waals surface area contributed by atoms with Crippen LogP contribution in [0.5, 0.6) is 11.5 Å². The van der Waals surface area contributed by atoms with E-state index in [1.165, 1.54) is 30.5 Å². The molecule has 5 heteroatoms. The molecule has 1 N–H and O–H groups in total. The number of piperidine rings is 1. The van der Waals surface area contributed by atoms with Crippen molar-refractivity contribution in [1.29, 1.82) is 0 Å². The lowest BCUT2D eigenvalue weighted by molar-refractivity contribution is -0.300. The number of methoxy groups -OCH3 is 2. The Morgan fingerprint density at radius 2 is 2.00 bits per heavy atom. The molecule has 0 aromatic heterocycles. The van der Waals surface area contributed by atoms with Gasteiger partial charge in [-0.25, -0.2) is 0 Å². The molecule has 1 unspecified atom stereocenters. The molecule has 2 aliphatic heterocycles. The van der Waals surface area contributed by atoms with Crippen molar-refractivity contribution in [2.24, 2.45) is 17.3 Å². The highest BCUT2D eigenvalue weighted by Crippen LogP contribution is 2.77. The average Bonchev–Trinajstić information content (AvgIpc) is 3.51. The first-order valence-electron chi connectivity index (χ1n) is 12.7. The molecule has 1 aromatic rings. The number of rotatable bonds is 5. The molecule has 0 amide bonds. The van der Waals surface area contributed by atoms with Crippen LogP contribution in [-0.4, -0.2) is 60.7 Å². The summed E-state index contributed by atoms with van der Waals surface area (Å²) in [7, 11) is 3.60. The summed E-state index contributed by atoms with van der Waals surface area (Å²) in [5.74, 6) is 2.76. The molecule has 2 spiro atoms. The van der Waals surface area contributed by atoms with Gasteiger partial charge in [-0.05, 0) is 82.9 Å². The normalized spacial score (nSPS) is 43.7. The third-order valence-corrected chi connectivity index (χ3v) is 10.7. The number of ether oxygens (including phenoxy) is 3. The van der Waals surface area contributed by atoms with Crippen molar-refractivity contribution in [3.8, 4) is 11.5 Å². The molecular formula is C27H37NO4. The van der Waals surface area contributed by atoms with Crippen molar-refractivity contribution in [1.82, 2.24) is 4.90 Å². The van der Waals surface area contributed by atoms with Gasteiger partial charge >= 0.3 is 0 Å². The highest BCUT2D eigenvalue weighted by Gasteiger charge is 2.81. The molecular weight excluding hydrogens is 402 g/mol. The molecule has 0 radical (unpaired) electrons. The van der Waals surface area contributed by atoms with Crippen molar-refractivity contribution in [3.63, 3.8) is 0 Å². The lowest BCUT2D eigenvalue weighted by Crippen LogP contribution is -2.82. The van der Waals surface area contributed by atoms with Gasteiger partial charge < -0.3 is 19.3 Å². The summed E-state index contributed by atoms with van der Waals surface area (Å²) in [5, 5.41) is 11.4. The van der Waals surface area contributed by atoms with E-state index >= 15 is 0 Å². The first kappa shape index (κ1) is 20.1. The van der Waals surface area contributed by atoms with Crippen molar-refractivity contribution in [3.05, 3.63) is 23.3 Å². The van der Waals surface area contributed by atoms with Crippen molar-refractivity contribution < 1.29 is 19.3 Å². The maximum absolute atomic E-state index is 11.4. The SMILES string of the molecule is COc1ccc2c3c1O[C@H]1[C@@]4(OC)CC[C@@]5(C[C@@H]4C(C)(C)O)C(C2)N(CC2CC2)CC[C@]315. The Bertz CT molecular complexity index is 983. The van der Waals surface area contributed by atoms with Crippen LogP contribution in [0.1, 0.15) is 63.5 Å².